The lowest BCUT2D eigenvalue weighted by molar-refractivity contribution is 0.260. The van der Waals surface area contributed by atoms with Crippen molar-refractivity contribution in [2.75, 3.05) is 13.7 Å². The van der Waals surface area contributed by atoms with Crippen molar-refractivity contribution in [3.05, 3.63) is 52.8 Å². The number of halogens is 1. The Bertz CT molecular complexity index is 943. The van der Waals surface area contributed by atoms with Crippen molar-refractivity contribution in [2.24, 2.45) is 0 Å². The van der Waals surface area contributed by atoms with Crippen molar-refractivity contribution < 1.29 is 19.7 Å². The fraction of sp³-hybridized carbons (Fsp3) is 0.250. The van der Waals surface area contributed by atoms with Crippen molar-refractivity contribution in [1.29, 1.82) is 0 Å². The first-order valence-electron chi connectivity index (χ1n) is 8.25. The van der Waals surface area contributed by atoms with Crippen LogP contribution >= 0.6 is 11.6 Å². The third-order valence-corrected chi connectivity index (χ3v) is 4.47. The molecule has 3 rings (SSSR count). The fourth-order valence-corrected chi connectivity index (χ4v) is 3.32. The van der Waals surface area contributed by atoms with Gasteiger partial charge in [-0.15, -0.1) is 0 Å². The van der Waals surface area contributed by atoms with Gasteiger partial charge in [0.2, 0.25) is 0 Å². The molecule has 0 aliphatic carbocycles. The topological polar surface area (TPSA) is 71.8 Å². The Morgan fingerprint density at radius 3 is 2.50 bits per heavy atom. The Kier molecular flexibility index (Phi) is 5.61. The summed E-state index contributed by atoms with van der Waals surface area (Å²) in [7, 11) is 1.59. The minimum absolute atomic E-state index is 0.187. The maximum atomic E-state index is 9.98. The summed E-state index contributed by atoms with van der Waals surface area (Å²) in [5.74, 6) is 1.23. The molecule has 0 aliphatic rings. The van der Waals surface area contributed by atoms with Crippen molar-refractivity contribution in [1.82, 2.24) is 4.98 Å². The Morgan fingerprint density at radius 1 is 1.08 bits per heavy atom. The van der Waals surface area contributed by atoms with E-state index >= 15 is 0 Å². The molecule has 0 amide bonds. The SMILES string of the molecule is CCOc1cc2c(-c3ccnc(Cl)c3)c(CO)c(CO)cc2cc1OC. The molecule has 26 heavy (non-hydrogen) atoms. The van der Waals surface area contributed by atoms with Gasteiger partial charge < -0.3 is 19.7 Å². The zero-order valence-electron chi connectivity index (χ0n) is 14.6. The van der Waals surface area contributed by atoms with E-state index in [0.29, 0.717) is 34.4 Å². The molecule has 0 fully saturated rings. The number of hydrogen-bond donors (Lipinski definition) is 2. The normalized spacial score (nSPS) is 11.0. The Hall–Kier alpha value is -2.34. The summed E-state index contributed by atoms with van der Waals surface area (Å²) in [5.41, 5.74) is 2.90. The van der Waals surface area contributed by atoms with Crippen LogP contribution in [0.3, 0.4) is 0 Å². The maximum absolute atomic E-state index is 9.98. The first-order chi connectivity index (χ1) is 12.6. The Labute approximate surface area is 156 Å². The third kappa shape index (κ3) is 3.33. The second-order valence-electron chi connectivity index (χ2n) is 5.73. The van der Waals surface area contributed by atoms with Gasteiger partial charge in [0.1, 0.15) is 5.15 Å². The molecular formula is C20H20ClNO4. The van der Waals surface area contributed by atoms with Crippen LogP contribution in [-0.2, 0) is 13.2 Å². The van der Waals surface area contributed by atoms with Gasteiger partial charge in [0.25, 0.3) is 0 Å². The monoisotopic (exact) mass is 373 g/mol. The average molecular weight is 374 g/mol. The lowest BCUT2D eigenvalue weighted by atomic mass is 9.90. The number of fused-ring (bicyclic) bond motifs is 1. The summed E-state index contributed by atoms with van der Waals surface area (Å²) >= 11 is 6.08. The molecular weight excluding hydrogens is 354 g/mol. The molecule has 0 aliphatic heterocycles. The first kappa shape index (κ1) is 18.5. The molecule has 0 atom stereocenters. The molecule has 2 N–H and O–H groups in total. The second kappa shape index (κ2) is 7.91. The highest BCUT2D eigenvalue weighted by atomic mass is 35.5. The molecule has 1 heterocycles. The van der Waals surface area contributed by atoms with E-state index in [9.17, 15) is 10.2 Å². The fourth-order valence-electron chi connectivity index (χ4n) is 3.15. The van der Waals surface area contributed by atoms with Gasteiger partial charge in [-0.3, -0.25) is 0 Å². The predicted molar refractivity (Wildman–Crippen MR) is 102 cm³/mol. The van der Waals surface area contributed by atoms with Crippen LogP contribution in [0.15, 0.2) is 36.5 Å². The Balaban J connectivity index is 2.42. The summed E-state index contributed by atoms with van der Waals surface area (Å²) in [6.45, 7) is 2.01. The molecule has 136 valence electrons. The quantitative estimate of drug-likeness (QED) is 0.640. The molecule has 0 saturated carbocycles. The van der Waals surface area contributed by atoms with E-state index in [1.165, 1.54) is 0 Å². The van der Waals surface area contributed by atoms with Crippen LogP contribution in [-0.4, -0.2) is 28.9 Å². The van der Waals surface area contributed by atoms with Gasteiger partial charge in [-0.25, -0.2) is 4.98 Å². The van der Waals surface area contributed by atoms with Gasteiger partial charge in [-0.05, 0) is 70.3 Å². The van der Waals surface area contributed by atoms with E-state index in [4.69, 9.17) is 21.1 Å². The molecule has 3 aromatic rings. The van der Waals surface area contributed by atoms with Crippen molar-refractivity contribution in [3.63, 3.8) is 0 Å². The van der Waals surface area contributed by atoms with E-state index in [2.05, 4.69) is 4.98 Å². The van der Waals surface area contributed by atoms with Crippen molar-refractivity contribution >= 4 is 22.4 Å². The van der Waals surface area contributed by atoms with Gasteiger partial charge in [-0.2, -0.15) is 0 Å². The van der Waals surface area contributed by atoms with Gasteiger partial charge in [0, 0.05) is 6.20 Å². The number of aromatic nitrogens is 1. The van der Waals surface area contributed by atoms with Gasteiger partial charge in [0.15, 0.2) is 11.5 Å². The molecule has 0 spiro atoms. The van der Waals surface area contributed by atoms with E-state index in [0.717, 1.165) is 21.9 Å². The molecule has 0 radical (unpaired) electrons. The summed E-state index contributed by atoms with van der Waals surface area (Å²) in [6, 6.07) is 9.17. The minimum atomic E-state index is -0.211. The number of methoxy groups -OCH3 is 1. The largest absolute Gasteiger partial charge is 0.493 e. The van der Waals surface area contributed by atoms with Crippen molar-refractivity contribution in [3.8, 4) is 22.6 Å². The van der Waals surface area contributed by atoms with Gasteiger partial charge >= 0.3 is 0 Å². The second-order valence-corrected chi connectivity index (χ2v) is 6.12. The summed E-state index contributed by atoms with van der Waals surface area (Å²) in [6.07, 6.45) is 1.61. The highest BCUT2D eigenvalue weighted by Gasteiger charge is 2.17. The highest BCUT2D eigenvalue weighted by Crippen LogP contribution is 2.40. The van der Waals surface area contributed by atoms with E-state index in [-0.39, 0.29) is 13.2 Å². The number of aliphatic hydroxyl groups excluding tert-OH is 2. The van der Waals surface area contributed by atoms with Crippen LogP contribution in [0.4, 0.5) is 0 Å². The molecule has 1 aromatic heterocycles. The molecule has 0 unspecified atom stereocenters. The molecule has 6 heteroatoms. The Morgan fingerprint density at radius 2 is 1.88 bits per heavy atom. The highest BCUT2D eigenvalue weighted by molar-refractivity contribution is 6.29. The van der Waals surface area contributed by atoms with Gasteiger partial charge in [0.05, 0.1) is 26.9 Å². The van der Waals surface area contributed by atoms with Crippen LogP contribution in [0.2, 0.25) is 5.15 Å². The zero-order valence-corrected chi connectivity index (χ0v) is 15.4. The number of benzene rings is 2. The summed E-state index contributed by atoms with van der Waals surface area (Å²) < 4.78 is 11.1. The lowest BCUT2D eigenvalue weighted by Crippen LogP contribution is -2.01. The molecule has 0 saturated heterocycles. The molecule has 2 aromatic carbocycles. The standard InChI is InChI=1S/C20H20ClNO4/c1-3-26-18-9-15-13(7-17(18)25-2)6-14(10-23)16(11-24)20(15)12-4-5-22-19(21)8-12/h4-9,23-24H,3,10-11H2,1-2H3. The number of hydrogen-bond acceptors (Lipinski definition) is 5. The minimum Gasteiger partial charge on any atom is -0.493 e. The van der Waals surface area contributed by atoms with Crippen molar-refractivity contribution in [2.45, 2.75) is 20.1 Å². The number of nitrogens with zero attached hydrogens (tertiary/aromatic N) is 1. The molecule has 0 bridgehead atoms. The molecule has 5 nitrogen and oxygen atoms in total. The number of rotatable bonds is 6. The third-order valence-electron chi connectivity index (χ3n) is 4.27. The summed E-state index contributed by atoms with van der Waals surface area (Å²) in [4.78, 5) is 4.03. The summed E-state index contributed by atoms with van der Waals surface area (Å²) in [5, 5.41) is 21.9. The van der Waals surface area contributed by atoms with Crippen LogP contribution < -0.4 is 9.47 Å². The van der Waals surface area contributed by atoms with E-state index in [1.807, 2.05) is 31.2 Å². The van der Waals surface area contributed by atoms with Crippen LogP contribution in [0.5, 0.6) is 11.5 Å². The van der Waals surface area contributed by atoms with Gasteiger partial charge in [-0.1, -0.05) is 11.6 Å². The lowest BCUT2D eigenvalue weighted by Gasteiger charge is -2.18. The van der Waals surface area contributed by atoms with Crippen LogP contribution in [0.25, 0.3) is 21.9 Å². The smallest absolute Gasteiger partial charge is 0.161 e. The van der Waals surface area contributed by atoms with E-state index < -0.39 is 0 Å². The number of ether oxygens (including phenoxy) is 2. The van der Waals surface area contributed by atoms with E-state index in [1.54, 1.807) is 19.4 Å². The zero-order chi connectivity index (χ0) is 18.7. The average Bonchev–Trinajstić information content (AvgIpc) is 2.66. The maximum Gasteiger partial charge on any atom is 0.161 e. The van der Waals surface area contributed by atoms with Crippen LogP contribution in [0, 0.1) is 0 Å². The number of pyridine rings is 1. The first-order valence-corrected chi connectivity index (χ1v) is 8.63. The van der Waals surface area contributed by atoms with Crippen LogP contribution in [0.1, 0.15) is 18.1 Å². The number of aliphatic hydroxyl groups is 2. The predicted octanol–water partition coefficient (Wildman–Crippen LogP) is 3.95.